The lowest BCUT2D eigenvalue weighted by molar-refractivity contribution is 0.100. The van der Waals surface area contributed by atoms with E-state index in [1.54, 1.807) is 35.2 Å². The van der Waals surface area contributed by atoms with E-state index in [-0.39, 0.29) is 51.1 Å². The summed E-state index contributed by atoms with van der Waals surface area (Å²) in [6, 6.07) is 21.2. The standard InChI is InChI=1S/2C23H18BrF2N5O2/c1-31-9-8-27-21(31)13-2-5-16(18(26)10-13)22(32)29-19-6-4-15(25)11-17(19)23(33)30-20-7-3-14(24)12-28-20;24-14-3-7-20(28-12-14)30-23(33)17-11-15(25)4-6-19(17)29-22(32)16-5-2-13(10-18(16)26)21(27)31-8-1-9-31/h2-7,10-12H,8-9H2,1H3,(H,29,32)(H,28,30,33);2-7,10-12,27H,1,8-9H2,(H,29,32)(H,28,30,33). The number of likely N-dealkylation sites (tertiary alicyclic amines) is 1. The molecule has 4 amide bonds. The summed E-state index contributed by atoms with van der Waals surface area (Å²) in [5.74, 6) is -4.52. The first-order valence-electron chi connectivity index (χ1n) is 19.9. The smallest absolute Gasteiger partial charge is 0.259 e. The molecule has 1 saturated heterocycles. The molecule has 0 atom stereocenters. The van der Waals surface area contributed by atoms with E-state index in [4.69, 9.17) is 5.41 Å². The second-order valence-electron chi connectivity index (χ2n) is 14.6. The minimum atomic E-state index is -0.808. The Morgan fingerprint density at radius 3 is 1.52 bits per heavy atom. The van der Waals surface area contributed by atoms with Crippen molar-refractivity contribution in [3.8, 4) is 0 Å². The first-order chi connectivity index (χ1) is 31.6. The molecule has 66 heavy (non-hydrogen) atoms. The van der Waals surface area contributed by atoms with Crippen molar-refractivity contribution >= 4 is 90.2 Å². The molecule has 1 fully saturated rings. The van der Waals surface area contributed by atoms with Crippen LogP contribution in [-0.4, -0.2) is 88.3 Å². The third-order valence-corrected chi connectivity index (χ3v) is 11.0. The van der Waals surface area contributed by atoms with E-state index in [1.807, 2.05) is 11.9 Å². The van der Waals surface area contributed by atoms with E-state index in [0.29, 0.717) is 28.0 Å². The Bertz CT molecular complexity index is 2900. The normalized spacial score (nSPS) is 12.8. The van der Waals surface area contributed by atoms with Crippen LogP contribution in [0, 0.1) is 28.7 Å². The molecule has 2 aliphatic rings. The van der Waals surface area contributed by atoms with Crippen LogP contribution in [0.1, 0.15) is 59.0 Å². The summed E-state index contributed by atoms with van der Waals surface area (Å²) in [5, 5.41) is 18.1. The number of aromatic nitrogens is 2. The fraction of sp³-hybridized carbons (Fsp3) is 0.130. The van der Waals surface area contributed by atoms with Crippen molar-refractivity contribution in [1.82, 2.24) is 19.8 Å². The summed E-state index contributed by atoms with van der Waals surface area (Å²) < 4.78 is 58.5. The molecule has 2 aliphatic heterocycles. The van der Waals surface area contributed by atoms with Gasteiger partial charge in [0.2, 0.25) is 0 Å². The Kier molecular flexibility index (Phi) is 14.6. The molecule has 6 aromatic rings. The molecule has 4 aromatic carbocycles. The number of carbonyl (C=O) groups excluding carboxylic acids is 4. The van der Waals surface area contributed by atoms with Crippen LogP contribution >= 0.6 is 31.9 Å². The number of likely N-dealkylation sites (N-methyl/N-ethyl adjacent to an activating group) is 1. The lowest BCUT2D eigenvalue weighted by atomic mass is 10.1. The van der Waals surface area contributed by atoms with E-state index in [2.05, 4.69) is 68.1 Å². The zero-order chi connectivity index (χ0) is 47.1. The Hall–Kier alpha value is -7.32. The summed E-state index contributed by atoms with van der Waals surface area (Å²) >= 11 is 6.49. The number of rotatable bonds is 10. The Morgan fingerprint density at radius 1 is 0.591 bits per heavy atom. The fourth-order valence-electron chi connectivity index (χ4n) is 6.52. The van der Waals surface area contributed by atoms with Crippen molar-refractivity contribution in [3.05, 3.63) is 175 Å². The molecule has 0 unspecified atom stereocenters. The maximum absolute atomic E-state index is 14.7. The first-order valence-corrected chi connectivity index (χ1v) is 21.5. The number of amidine groups is 2. The number of carbonyl (C=O) groups is 4. The lowest BCUT2D eigenvalue weighted by Crippen LogP contribution is -2.42. The average Bonchev–Trinajstić information content (AvgIpc) is 3.71. The van der Waals surface area contributed by atoms with Crippen LogP contribution in [0.3, 0.4) is 0 Å². The second-order valence-corrected chi connectivity index (χ2v) is 16.5. The predicted molar refractivity (Wildman–Crippen MR) is 248 cm³/mol. The van der Waals surface area contributed by atoms with Crippen LogP contribution in [0.5, 0.6) is 0 Å². The van der Waals surface area contributed by atoms with Crippen LogP contribution in [0.2, 0.25) is 0 Å². The molecule has 4 heterocycles. The summed E-state index contributed by atoms with van der Waals surface area (Å²) in [5.41, 5.74) is 0.204. The van der Waals surface area contributed by atoms with E-state index in [1.165, 1.54) is 48.8 Å². The number of nitrogens with one attached hydrogen (secondary N) is 5. The monoisotopic (exact) mass is 1030 g/mol. The van der Waals surface area contributed by atoms with E-state index in [0.717, 1.165) is 60.9 Å². The predicted octanol–water partition coefficient (Wildman–Crippen LogP) is 8.98. The van der Waals surface area contributed by atoms with E-state index < -0.39 is 46.9 Å². The minimum Gasteiger partial charge on any atom is -0.358 e. The highest BCUT2D eigenvalue weighted by Gasteiger charge is 2.24. The van der Waals surface area contributed by atoms with Gasteiger partial charge in [0, 0.05) is 59.1 Å². The van der Waals surface area contributed by atoms with Gasteiger partial charge < -0.3 is 31.1 Å². The topological polar surface area (TPSA) is 185 Å². The molecule has 0 aliphatic carbocycles. The van der Waals surface area contributed by atoms with Gasteiger partial charge in [0.1, 0.15) is 46.6 Å². The van der Waals surface area contributed by atoms with Crippen molar-refractivity contribution in [2.45, 2.75) is 6.42 Å². The molecule has 14 nitrogen and oxygen atoms in total. The minimum absolute atomic E-state index is 0.00723. The van der Waals surface area contributed by atoms with Crippen LogP contribution in [0.25, 0.3) is 0 Å². The lowest BCUT2D eigenvalue weighted by Gasteiger charge is -2.33. The molecule has 0 bridgehead atoms. The highest BCUT2D eigenvalue weighted by Crippen LogP contribution is 2.24. The molecule has 20 heteroatoms. The van der Waals surface area contributed by atoms with Gasteiger partial charge in [0.05, 0.1) is 40.2 Å². The SMILES string of the molecule is CN1CCN=C1c1ccc(C(=O)Nc2ccc(F)cc2C(=O)Nc2ccc(Br)cn2)c(F)c1.N=C(c1ccc(C(=O)Nc2ccc(F)cc2C(=O)Nc2ccc(Br)cn2)c(F)c1)N1CCC1. The number of nitrogens with zero attached hydrogens (tertiary/aromatic N) is 5. The van der Waals surface area contributed by atoms with Gasteiger partial charge in [0.25, 0.3) is 23.6 Å². The zero-order valence-corrected chi connectivity index (χ0v) is 37.7. The zero-order valence-electron chi connectivity index (χ0n) is 34.6. The first kappa shape index (κ1) is 46.7. The number of pyridine rings is 2. The molecule has 8 rings (SSSR count). The van der Waals surface area contributed by atoms with Gasteiger partial charge in [-0.3, -0.25) is 29.6 Å². The maximum Gasteiger partial charge on any atom is 0.259 e. The van der Waals surface area contributed by atoms with Crippen LogP contribution < -0.4 is 21.3 Å². The molecule has 5 N–H and O–H groups in total. The number of amides is 4. The number of hydrogen-bond acceptors (Lipinski definition) is 9. The van der Waals surface area contributed by atoms with Crippen molar-refractivity contribution < 1.29 is 36.7 Å². The van der Waals surface area contributed by atoms with Gasteiger partial charge in [-0.2, -0.15) is 0 Å². The summed E-state index contributed by atoms with van der Waals surface area (Å²) in [6.07, 6.45) is 3.96. The van der Waals surface area contributed by atoms with Crippen LogP contribution in [0.15, 0.2) is 123 Å². The highest BCUT2D eigenvalue weighted by atomic mass is 79.9. The molecule has 0 spiro atoms. The molecule has 0 saturated carbocycles. The highest BCUT2D eigenvalue weighted by molar-refractivity contribution is 9.10. The third kappa shape index (κ3) is 11.3. The van der Waals surface area contributed by atoms with Crippen LogP contribution in [0.4, 0.5) is 40.6 Å². The Balaban J connectivity index is 0.000000196. The van der Waals surface area contributed by atoms with Crippen molar-refractivity contribution in [2.24, 2.45) is 4.99 Å². The summed E-state index contributed by atoms with van der Waals surface area (Å²) in [4.78, 5) is 67.0. The van der Waals surface area contributed by atoms with Crippen molar-refractivity contribution in [1.29, 1.82) is 5.41 Å². The number of aliphatic imine (C=N–C) groups is 1. The quantitative estimate of drug-likeness (QED) is 0.0512. The van der Waals surface area contributed by atoms with E-state index >= 15 is 0 Å². The third-order valence-electron chi connectivity index (χ3n) is 10.1. The maximum atomic E-state index is 14.7. The van der Waals surface area contributed by atoms with E-state index in [9.17, 15) is 36.7 Å². The van der Waals surface area contributed by atoms with Gasteiger partial charge in [-0.05, 0) is 123 Å². The second kappa shape index (κ2) is 20.7. The largest absolute Gasteiger partial charge is 0.358 e. The van der Waals surface area contributed by atoms with Crippen molar-refractivity contribution in [3.63, 3.8) is 0 Å². The summed E-state index contributed by atoms with van der Waals surface area (Å²) in [7, 11) is 1.86. The molecular formula is C46H36Br2F4N10O4. The van der Waals surface area contributed by atoms with Gasteiger partial charge in [-0.25, -0.2) is 27.5 Å². The van der Waals surface area contributed by atoms with Gasteiger partial charge in [-0.15, -0.1) is 0 Å². The van der Waals surface area contributed by atoms with Crippen LogP contribution in [-0.2, 0) is 0 Å². The number of hydrogen-bond donors (Lipinski definition) is 5. The molecule has 0 radical (unpaired) electrons. The number of anilines is 4. The van der Waals surface area contributed by atoms with Crippen molar-refractivity contribution in [2.75, 3.05) is 54.5 Å². The molecule has 2 aromatic heterocycles. The molecular weight excluding hydrogens is 992 g/mol. The Morgan fingerprint density at radius 2 is 1.09 bits per heavy atom. The number of halogens is 6. The number of benzene rings is 4. The fourth-order valence-corrected chi connectivity index (χ4v) is 6.99. The average molecular weight is 1030 g/mol. The molecule has 336 valence electrons. The summed E-state index contributed by atoms with van der Waals surface area (Å²) in [6.45, 7) is 2.85. The van der Waals surface area contributed by atoms with Gasteiger partial charge in [0.15, 0.2) is 0 Å². The van der Waals surface area contributed by atoms with Gasteiger partial charge >= 0.3 is 0 Å². The Labute approximate surface area is 391 Å². The van der Waals surface area contributed by atoms with Gasteiger partial charge in [-0.1, -0.05) is 12.1 Å².